The molecule has 1 aliphatic carbocycles. The monoisotopic (exact) mass is 293 g/mol. The van der Waals surface area contributed by atoms with Gasteiger partial charge < -0.3 is 10.4 Å². The molecule has 1 aliphatic rings. The van der Waals surface area contributed by atoms with Crippen LogP contribution in [-0.2, 0) is 4.79 Å². The number of hydrogen-bond donors (Lipinski definition) is 2. The molecule has 1 aromatic heterocycles. The Morgan fingerprint density at radius 3 is 2.80 bits per heavy atom. The molecule has 0 radical (unpaired) electrons. The summed E-state index contributed by atoms with van der Waals surface area (Å²) in [6, 6.07) is 2.04. The molecule has 0 spiro atoms. The SMILES string of the molecule is Cc1ccsc1C=CC(=O)NC1(CO)CCC(C)CC1. The predicted octanol–water partition coefficient (Wildman–Crippen LogP) is 3.13. The van der Waals surface area contributed by atoms with Gasteiger partial charge in [0.2, 0.25) is 5.91 Å². The van der Waals surface area contributed by atoms with Gasteiger partial charge in [0, 0.05) is 11.0 Å². The molecule has 1 saturated carbocycles. The van der Waals surface area contributed by atoms with Crippen LogP contribution in [0.3, 0.4) is 0 Å². The van der Waals surface area contributed by atoms with Gasteiger partial charge in [-0.2, -0.15) is 0 Å². The second-order valence-electron chi connectivity index (χ2n) is 5.91. The number of nitrogens with one attached hydrogen (secondary N) is 1. The van der Waals surface area contributed by atoms with Gasteiger partial charge in [-0.3, -0.25) is 4.79 Å². The number of aliphatic hydroxyl groups excluding tert-OH is 1. The molecule has 1 aromatic rings. The highest BCUT2D eigenvalue weighted by atomic mass is 32.1. The van der Waals surface area contributed by atoms with E-state index in [1.165, 1.54) is 5.56 Å². The summed E-state index contributed by atoms with van der Waals surface area (Å²) < 4.78 is 0. The highest BCUT2D eigenvalue weighted by Crippen LogP contribution is 2.31. The molecule has 110 valence electrons. The van der Waals surface area contributed by atoms with Crippen LogP contribution in [0.15, 0.2) is 17.5 Å². The predicted molar refractivity (Wildman–Crippen MR) is 83.7 cm³/mol. The fraction of sp³-hybridized carbons (Fsp3) is 0.562. The van der Waals surface area contributed by atoms with Gasteiger partial charge in [0.05, 0.1) is 12.1 Å². The van der Waals surface area contributed by atoms with E-state index in [0.29, 0.717) is 5.92 Å². The minimum absolute atomic E-state index is 0.0251. The van der Waals surface area contributed by atoms with Crippen LogP contribution >= 0.6 is 11.3 Å². The van der Waals surface area contributed by atoms with Crippen LogP contribution in [0.1, 0.15) is 43.0 Å². The van der Waals surface area contributed by atoms with Gasteiger partial charge in [0.25, 0.3) is 0 Å². The minimum atomic E-state index is -0.418. The van der Waals surface area contributed by atoms with Crippen molar-refractivity contribution < 1.29 is 9.90 Å². The number of carbonyl (C=O) groups is 1. The van der Waals surface area contributed by atoms with E-state index in [2.05, 4.69) is 12.2 Å². The van der Waals surface area contributed by atoms with E-state index in [1.54, 1.807) is 17.4 Å². The first-order valence-corrected chi connectivity index (χ1v) is 8.08. The molecule has 0 aliphatic heterocycles. The summed E-state index contributed by atoms with van der Waals surface area (Å²) in [7, 11) is 0. The maximum Gasteiger partial charge on any atom is 0.244 e. The molecule has 1 fully saturated rings. The summed E-state index contributed by atoms with van der Waals surface area (Å²) in [4.78, 5) is 13.2. The summed E-state index contributed by atoms with van der Waals surface area (Å²) in [5.74, 6) is 0.581. The Kier molecular flexibility index (Phi) is 5.00. The van der Waals surface area contributed by atoms with E-state index in [0.717, 1.165) is 30.6 Å². The zero-order valence-corrected chi connectivity index (χ0v) is 13.0. The van der Waals surface area contributed by atoms with E-state index in [1.807, 2.05) is 24.4 Å². The Hall–Kier alpha value is -1.13. The molecule has 0 saturated heterocycles. The average molecular weight is 293 g/mol. The first-order valence-electron chi connectivity index (χ1n) is 7.20. The number of carbonyl (C=O) groups excluding carboxylic acids is 1. The van der Waals surface area contributed by atoms with Crippen LogP contribution in [0.25, 0.3) is 6.08 Å². The fourth-order valence-electron chi connectivity index (χ4n) is 2.65. The lowest BCUT2D eigenvalue weighted by Gasteiger charge is -2.38. The Morgan fingerprint density at radius 1 is 1.55 bits per heavy atom. The zero-order chi connectivity index (χ0) is 14.6. The van der Waals surface area contributed by atoms with E-state index in [4.69, 9.17) is 0 Å². The smallest absolute Gasteiger partial charge is 0.244 e. The highest BCUT2D eigenvalue weighted by Gasteiger charge is 2.34. The van der Waals surface area contributed by atoms with E-state index in [9.17, 15) is 9.90 Å². The Balaban J connectivity index is 1.96. The molecule has 1 heterocycles. The van der Waals surface area contributed by atoms with Crippen LogP contribution in [0.4, 0.5) is 0 Å². The van der Waals surface area contributed by atoms with Crippen molar-refractivity contribution in [2.24, 2.45) is 5.92 Å². The van der Waals surface area contributed by atoms with Crippen molar-refractivity contribution in [3.63, 3.8) is 0 Å². The molecule has 20 heavy (non-hydrogen) atoms. The van der Waals surface area contributed by atoms with Crippen molar-refractivity contribution in [3.8, 4) is 0 Å². The van der Waals surface area contributed by atoms with Crippen LogP contribution in [0.2, 0.25) is 0 Å². The van der Waals surface area contributed by atoms with Crippen molar-refractivity contribution in [2.75, 3.05) is 6.61 Å². The second-order valence-corrected chi connectivity index (χ2v) is 6.86. The molecule has 2 rings (SSSR count). The van der Waals surface area contributed by atoms with E-state index >= 15 is 0 Å². The van der Waals surface area contributed by atoms with Gasteiger partial charge >= 0.3 is 0 Å². The Bertz CT molecular complexity index is 484. The minimum Gasteiger partial charge on any atom is -0.394 e. The lowest BCUT2D eigenvalue weighted by molar-refractivity contribution is -0.119. The van der Waals surface area contributed by atoms with Crippen LogP contribution in [0.5, 0.6) is 0 Å². The van der Waals surface area contributed by atoms with Crippen molar-refractivity contribution in [1.29, 1.82) is 0 Å². The maximum absolute atomic E-state index is 12.1. The number of rotatable bonds is 4. The second kappa shape index (κ2) is 6.55. The summed E-state index contributed by atoms with van der Waals surface area (Å²) in [6.07, 6.45) is 7.29. The molecule has 3 nitrogen and oxygen atoms in total. The molecule has 1 amide bonds. The highest BCUT2D eigenvalue weighted by molar-refractivity contribution is 7.11. The van der Waals surface area contributed by atoms with Gasteiger partial charge in [-0.05, 0) is 61.6 Å². The lowest BCUT2D eigenvalue weighted by atomic mass is 9.77. The number of thiophene rings is 1. The molecule has 0 bridgehead atoms. The largest absolute Gasteiger partial charge is 0.394 e. The topological polar surface area (TPSA) is 49.3 Å². The van der Waals surface area contributed by atoms with Crippen LogP contribution < -0.4 is 5.32 Å². The van der Waals surface area contributed by atoms with E-state index < -0.39 is 5.54 Å². The third kappa shape index (κ3) is 3.70. The van der Waals surface area contributed by atoms with Crippen molar-refractivity contribution in [2.45, 2.75) is 45.1 Å². The maximum atomic E-state index is 12.1. The van der Waals surface area contributed by atoms with Crippen molar-refractivity contribution in [1.82, 2.24) is 5.32 Å². The van der Waals surface area contributed by atoms with E-state index in [-0.39, 0.29) is 12.5 Å². The van der Waals surface area contributed by atoms with Crippen LogP contribution in [-0.4, -0.2) is 23.2 Å². The summed E-state index contributed by atoms with van der Waals surface area (Å²) in [5, 5.41) is 14.7. The fourth-order valence-corrected chi connectivity index (χ4v) is 3.47. The lowest BCUT2D eigenvalue weighted by Crippen LogP contribution is -2.52. The average Bonchev–Trinajstić information content (AvgIpc) is 2.85. The molecular weight excluding hydrogens is 270 g/mol. The number of aliphatic hydroxyl groups is 1. The molecule has 2 N–H and O–H groups in total. The van der Waals surface area contributed by atoms with Gasteiger partial charge in [-0.25, -0.2) is 0 Å². The van der Waals surface area contributed by atoms with Crippen molar-refractivity contribution in [3.05, 3.63) is 28.0 Å². The normalized spacial score (nSPS) is 26.9. The third-order valence-electron chi connectivity index (χ3n) is 4.21. The first kappa shape index (κ1) is 15.3. The number of aryl methyl sites for hydroxylation is 1. The van der Waals surface area contributed by atoms with Crippen molar-refractivity contribution >= 4 is 23.3 Å². The Morgan fingerprint density at radius 2 is 2.25 bits per heavy atom. The third-order valence-corrected chi connectivity index (χ3v) is 5.19. The molecule has 0 unspecified atom stereocenters. The van der Waals surface area contributed by atoms with Gasteiger partial charge in [0.1, 0.15) is 0 Å². The quantitative estimate of drug-likeness (QED) is 0.838. The number of hydrogen-bond acceptors (Lipinski definition) is 3. The molecule has 4 heteroatoms. The molecule has 0 atom stereocenters. The van der Waals surface area contributed by atoms with Gasteiger partial charge in [-0.15, -0.1) is 11.3 Å². The first-order chi connectivity index (χ1) is 9.54. The number of amides is 1. The summed E-state index contributed by atoms with van der Waals surface area (Å²) in [6.45, 7) is 4.28. The zero-order valence-electron chi connectivity index (χ0n) is 12.2. The standard InChI is InChI=1S/C16H23NO2S/c1-12-5-8-16(11-18,9-6-12)17-15(19)4-3-14-13(2)7-10-20-14/h3-4,7,10,12,18H,5-6,8-9,11H2,1-2H3,(H,17,19). The summed E-state index contributed by atoms with van der Waals surface area (Å²) >= 11 is 1.63. The Labute approximate surface area is 124 Å². The molecular formula is C16H23NO2S. The van der Waals surface area contributed by atoms with Gasteiger partial charge in [-0.1, -0.05) is 6.92 Å². The van der Waals surface area contributed by atoms with Gasteiger partial charge in [0.15, 0.2) is 0 Å². The molecule has 0 aromatic carbocycles. The van der Waals surface area contributed by atoms with Crippen LogP contribution in [0, 0.1) is 12.8 Å². The summed E-state index contributed by atoms with van der Waals surface area (Å²) in [5.41, 5.74) is 0.765.